The van der Waals surface area contributed by atoms with Gasteiger partial charge in [-0.2, -0.15) is 0 Å². The van der Waals surface area contributed by atoms with Crippen molar-refractivity contribution >= 4 is 11.9 Å². The molecule has 0 spiro atoms. The van der Waals surface area contributed by atoms with E-state index in [4.69, 9.17) is 4.74 Å². The van der Waals surface area contributed by atoms with Crippen molar-refractivity contribution in [3.63, 3.8) is 0 Å². The molecular formula is C19H30N4O2. The highest BCUT2D eigenvalue weighted by molar-refractivity contribution is 5.85. The van der Waals surface area contributed by atoms with E-state index in [1.807, 2.05) is 30.0 Å². The van der Waals surface area contributed by atoms with Crippen LogP contribution in [0.4, 0.5) is 0 Å². The molecule has 25 heavy (non-hydrogen) atoms. The summed E-state index contributed by atoms with van der Waals surface area (Å²) in [4.78, 5) is 18.6. The molecule has 1 fully saturated rings. The number of piperidine rings is 1. The van der Waals surface area contributed by atoms with Crippen molar-refractivity contribution < 1.29 is 9.53 Å². The lowest BCUT2D eigenvalue weighted by molar-refractivity contribution is -0.130. The fourth-order valence-electron chi connectivity index (χ4n) is 2.96. The molecule has 0 bridgehead atoms. The first-order valence-electron chi connectivity index (χ1n) is 9.16. The van der Waals surface area contributed by atoms with Crippen molar-refractivity contribution in [2.75, 3.05) is 39.8 Å². The molecule has 0 saturated carbocycles. The minimum absolute atomic E-state index is 0.113. The minimum Gasteiger partial charge on any atom is -0.496 e. The number of nitrogens with zero attached hydrogens (tertiary/aromatic N) is 2. The minimum atomic E-state index is 0.113. The molecule has 2 N–H and O–H groups in total. The monoisotopic (exact) mass is 346 g/mol. The van der Waals surface area contributed by atoms with Crippen LogP contribution in [0.5, 0.6) is 5.75 Å². The van der Waals surface area contributed by atoms with Gasteiger partial charge in [-0.1, -0.05) is 18.2 Å². The predicted molar refractivity (Wildman–Crippen MR) is 101 cm³/mol. The Morgan fingerprint density at radius 1 is 1.20 bits per heavy atom. The number of carbonyl (C=O) groups is 1. The van der Waals surface area contributed by atoms with E-state index in [1.54, 1.807) is 7.11 Å². The lowest BCUT2D eigenvalue weighted by atomic mass is 10.1. The Kier molecular flexibility index (Phi) is 8.09. The number of likely N-dealkylation sites (tertiary alicyclic amines) is 1. The van der Waals surface area contributed by atoms with Gasteiger partial charge in [-0.15, -0.1) is 0 Å². The number of para-hydroxylation sites is 1. The van der Waals surface area contributed by atoms with Crippen LogP contribution in [0.3, 0.4) is 0 Å². The van der Waals surface area contributed by atoms with Crippen LogP contribution in [-0.4, -0.2) is 56.6 Å². The third kappa shape index (κ3) is 6.29. The molecule has 1 saturated heterocycles. The van der Waals surface area contributed by atoms with Gasteiger partial charge in [0.2, 0.25) is 5.91 Å². The highest BCUT2D eigenvalue weighted by atomic mass is 16.5. The van der Waals surface area contributed by atoms with Crippen LogP contribution in [-0.2, 0) is 11.2 Å². The number of guanidine groups is 1. The standard InChI is InChI=1S/C19H30N4O2/c1-3-20-19(22-15-18(24)23-13-7-4-8-14-23)21-12-11-16-9-5-6-10-17(16)25-2/h5-6,9-10H,3-4,7-8,11-15H2,1-2H3,(H2,20,21,22). The first-order chi connectivity index (χ1) is 12.2. The lowest BCUT2D eigenvalue weighted by Gasteiger charge is -2.26. The molecule has 1 aromatic carbocycles. The first kappa shape index (κ1) is 19.1. The van der Waals surface area contributed by atoms with Crippen molar-refractivity contribution in [1.29, 1.82) is 0 Å². The summed E-state index contributed by atoms with van der Waals surface area (Å²) in [5, 5.41) is 6.48. The van der Waals surface area contributed by atoms with E-state index in [2.05, 4.69) is 21.7 Å². The second kappa shape index (κ2) is 10.6. The summed E-state index contributed by atoms with van der Waals surface area (Å²) in [6.07, 6.45) is 4.26. The van der Waals surface area contributed by atoms with E-state index in [0.717, 1.165) is 56.8 Å². The van der Waals surface area contributed by atoms with E-state index in [-0.39, 0.29) is 12.5 Å². The topological polar surface area (TPSA) is 66.0 Å². The van der Waals surface area contributed by atoms with E-state index in [0.29, 0.717) is 5.96 Å². The molecule has 0 radical (unpaired) electrons. The maximum absolute atomic E-state index is 12.2. The molecule has 6 nitrogen and oxygen atoms in total. The average molecular weight is 346 g/mol. The average Bonchev–Trinajstić information content (AvgIpc) is 2.67. The lowest BCUT2D eigenvalue weighted by Crippen LogP contribution is -2.41. The molecule has 1 aromatic rings. The summed E-state index contributed by atoms with van der Waals surface area (Å²) in [5.41, 5.74) is 1.15. The van der Waals surface area contributed by atoms with Crippen molar-refractivity contribution in [3.8, 4) is 5.75 Å². The number of rotatable bonds is 7. The summed E-state index contributed by atoms with van der Waals surface area (Å²) >= 11 is 0. The fraction of sp³-hybridized carbons (Fsp3) is 0.579. The first-order valence-corrected chi connectivity index (χ1v) is 9.16. The van der Waals surface area contributed by atoms with Gasteiger partial charge in [0.05, 0.1) is 7.11 Å². The molecule has 1 heterocycles. The molecule has 0 atom stereocenters. The number of aliphatic imine (C=N–C) groups is 1. The molecule has 0 unspecified atom stereocenters. The molecular weight excluding hydrogens is 316 g/mol. The second-order valence-corrected chi connectivity index (χ2v) is 6.13. The second-order valence-electron chi connectivity index (χ2n) is 6.13. The van der Waals surface area contributed by atoms with Gasteiger partial charge in [0.15, 0.2) is 5.96 Å². The largest absolute Gasteiger partial charge is 0.496 e. The van der Waals surface area contributed by atoms with E-state index in [1.165, 1.54) is 6.42 Å². The number of carbonyl (C=O) groups excluding carboxylic acids is 1. The zero-order valence-corrected chi connectivity index (χ0v) is 15.4. The van der Waals surface area contributed by atoms with Crippen LogP contribution in [0.25, 0.3) is 0 Å². The summed E-state index contributed by atoms with van der Waals surface area (Å²) in [6.45, 7) is 5.44. The molecule has 1 aliphatic rings. The Balaban J connectivity index is 1.83. The van der Waals surface area contributed by atoms with E-state index in [9.17, 15) is 4.79 Å². The summed E-state index contributed by atoms with van der Waals surface area (Å²) in [5.74, 6) is 1.69. The van der Waals surface area contributed by atoms with Crippen LogP contribution >= 0.6 is 0 Å². The normalized spacial score (nSPS) is 15.0. The van der Waals surface area contributed by atoms with Gasteiger partial charge >= 0.3 is 0 Å². The van der Waals surface area contributed by atoms with Crippen molar-refractivity contribution in [2.24, 2.45) is 4.99 Å². The number of benzene rings is 1. The van der Waals surface area contributed by atoms with Crippen LogP contribution < -0.4 is 15.4 Å². The Labute approximate surface area is 150 Å². The summed E-state index contributed by atoms with van der Waals surface area (Å²) in [6, 6.07) is 8.00. The van der Waals surface area contributed by atoms with Crippen LogP contribution in [0, 0.1) is 0 Å². The Morgan fingerprint density at radius 3 is 2.68 bits per heavy atom. The molecule has 1 aliphatic heterocycles. The van der Waals surface area contributed by atoms with Gasteiger partial charge in [0.1, 0.15) is 12.3 Å². The number of amides is 1. The highest BCUT2D eigenvalue weighted by Crippen LogP contribution is 2.17. The smallest absolute Gasteiger partial charge is 0.244 e. The van der Waals surface area contributed by atoms with Crippen LogP contribution in [0.2, 0.25) is 0 Å². The van der Waals surface area contributed by atoms with Gasteiger partial charge in [-0.3, -0.25) is 4.79 Å². The molecule has 2 rings (SSSR count). The predicted octanol–water partition coefficient (Wildman–Crippen LogP) is 1.81. The number of nitrogens with one attached hydrogen (secondary N) is 2. The number of methoxy groups -OCH3 is 1. The van der Waals surface area contributed by atoms with Crippen molar-refractivity contribution in [3.05, 3.63) is 29.8 Å². The number of hydrogen-bond acceptors (Lipinski definition) is 3. The zero-order valence-electron chi connectivity index (χ0n) is 15.4. The summed E-state index contributed by atoms with van der Waals surface area (Å²) in [7, 11) is 1.68. The van der Waals surface area contributed by atoms with E-state index >= 15 is 0 Å². The Bertz CT molecular complexity index is 568. The van der Waals surface area contributed by atoms with Gasteiger partial charge in [0.25, 0.3) is 0 Å². The molecule has 0 aliphatic carbocycles. The van der Waals surface area contributed by atoms with Gasteiger partial charge < -0.3 is 20.3 Å². The van der Waals surface area contributed by atoms with Crippen LogP contribution in [0.1, 0.15) is 31.7 Å². The van der Waals surface area contributed by atoms with E-state index < -0.39 is 0 Å². The zero-order chi connectivity index (χ0) is 17.9. The molecule has 1 amide bonds. The highest BCUT2D eigenvalue weighted by Gasteiger charge is 2.15. The molecule has 0 aromatic heterocycles. The van der Waals surface area contributed by atoms with Crippen LogP contribution in [0.15, 0.2) is 29.3 Å². The SMILES string of the molecule is CCNC(=NCC(=O)N1CCCCC1)NCCc1ccccc1OC. The number of ether oxygens (including phenoxy) is 1. The Hall–Kier alpha value is -2.24. The maximum Gasteiger partial charge on any atom is 0.244 e. The van der Waals surface area contributed by atoms with Gasteiger partial charge in [0, 0.05) is 26.2 Å². The van der Waals surface area contributed by atoms with Crippen molar-refractivity contribution in [1.82, 2.24) is 15.5 Å². The third-order valence-electron chi connectivity index (χ3n) is 4.30. The quantitative estimate of drug-likeness (QED) is 0.584. The Morgan fingerprint density at radius 2 is 1.96 bits per heavy atom. The summed E-state index contributed by atoms with van der Waals surface area (Å²) < 4.78 is 5.37. The van der Waals surface area contributed by atoms with Crippen molar-refractivity contribution in [2.45, 2.75) is 32.6 Å². The van der Waals surface area contributed by atoms with Gasteiger partial charge in [-0.05, 0) is 44.2 Å². The fourth-order valence-corrected chi connectivity index (χ4v) is 2.96. The molecule has 138 valence electrons. The maximum atomic E-state index is 12.2. The third-order valence-corrected chi connectivity index (χ3v) is 4.30. The number of hydrogen-bond donors (Lipinski definition) is 2. The van der Waals surface area contributed by atoms with Gasteiger partial charge in [-0.25, -0.2) is 4.99 Å². The molecule has 6 heteroatoms.